The van der Waals surface area contributed by atoms with Gasteiger partial charge in [-0.3, -0.25) is 9.59 Å². The van der Waals surface area contributed by atoms with Crippen molar-refractivity contribution in [1.82, 2.24) is 44.9 Å². The van der Waals surface area contributed by atoms with Gasteiger partial charge >= 0.3 is 0 Å². The predicted octanol–water partition coefficient (Wildman–Crippen LogP) is 6.32. The minimum absolute atomic E-state index is 0.0207. The number of anilines is 3. The first-order valence-electron chi connectivity index (χ1n) is 19.1. The highest BCUT2D eigenvalue weighted by atomic mass is 16.1. The van der Waals surface area contributed by atoms with Crippen LogP contribution in [-0.4, -0.2) is 62.6 Å². The van der Waals surface area contributed by atoms with Crippen LogP contribution in [0, 0.1) is 0 Å². The van der Waals surface area contributed by atoms with Crippen LogP contribution in [0.2, 0.25) is 0 Å². The van der Waals surface area contributed by atoms with Crippen LogP contribution in [0.3, 0.4) is 0 Å². The van der Waals surface area contributed by atoms with Gasteiger partial charge in [0.15, 0.2) is 11.6 Å². The zero-order chi connectivity index (χ0) is 42.0. The largest absolute Gasteiger partial charge is 0.368 e. The molecule has 6 N–H and O–H groups in total. The van der Waals surface area contributed by atoms with E-state index in [1.807, 2.05) is 48.5 Å². The summed E-state index contributed by atoms with van der Waals surface area (Å²) in [5, 5.41) is 0. The number of hydrogen-bond acceptors (Lipinski definition) is 15. The maximum Gasteiger partial charge on any atom is 0.222 e. The smallest absolute Gasteiger partial charge is 0.222 e. The van der Waals surface area contributed by atoms with Crippen LogP contribution < -0.4 is 17.2 Å². The number of rotatable bonds is 1. The van der Waals surface area contributed by atoms with Crippen molar-refractivity contribution in [3.05, 3.63) is 63.1 Å². The van der Waals surface area contributed by atoms with Crippen LogP contribution >= 0.6 is 0 Å². The summed E-state index contributed by atoms with van der Waals surface area (Å²) in [6, 6.07) is 0. The van der Waals surface area contributed by atoms with Crippen LogP contribution in [0.15, 0.2) is 11.3 Å². The molecule has 0 radical (unpaired) electrons. The first-order chi connectivity index (χ1) is 25.8. The van der Waals surface area contributed by atoms with Crippen molar-refractivity contribution in [3.63, 3.8) is 0 Å². The number of aryl methyl sites for hydroxylation is 3. The summed E-state index contributed by atoms with van der Waals surface area (Å²) in [4.78, 5) is 64.8. The lowest BCUT2D eigenvalue weighted by Gasteiger charge is -2.21. The first kappa shape index (κ1) is 43.4. The van der Waals surface area contributed by atoms with Gasteiger partial charge in [0.2, 0.25) is 23.6 Å². The van der Waals surface area contributed by atoms with Gasteiger partial charge in [0.25, 0.3) is 0 Å². The third-order valence-electron chi connectivity index (χ3n) is 9.02. The molecule has 0 bridgehead atoms. The second-order valence-corrected chi connectivity index (χ2v) is 18.2. The highest BCUT2D eigenvalue weighted by Crippen LogP contribution is 2.34. The van der Waals surface area contributed by atoms with Crippen LogP contribution in [-0.2, 0) is 47.3 Å². The number of carbonyl (C=O) groups is 2. The molecular formula is C41H59N13O2. The maximum atomic E-state index is 11.7. The van der Waals surface area contributed by atoms with E-state index in [1.165, 1.54) is 23.9 Å². The van der Waals surface area contributed by atoms with Gasteiger partial charge in [-0.05, 0) is 31.2 Å². The van der Waals surface area contributed by atoms with E-state index in [0.29, 0.717) is 41.4 Å². The molecule has 1 aliphatic heterocycles. The first-order valence-corrected chi connectivity index (χ1v) is 19.1. The Bertz CT molecular complexity index is 2110. The molecule has 5 heterocycles. The minimum Gasteiger partial charge on any atom is -0.368 e. The van der Waals surface area contributed by atoms with E-state index < -0.39 is 0 Å². The summed E-state index contributed by atoms with van der Waals surface area (Å²) in [5.41, 5.74) is 23.7. The molecule has 56 heavy (non-hydrogen) atoms. The molecule has 0 spiro atoms. The predicted molar refractivity (Wildman–Crippen MR) is 220 cm³/mol. The lowest BCUT2D eigenvalue weighted by molar-refractivity contribution is 0.0991. The van der Waals surface area contributed by atoms with E-state index in [0.717, 1.165) is 48.0 Å². The summed E-state index contributed by atoms with van der Waals surface area (Å²) in [6.07, 6.45) is 8.32. The number of nitrogens with zero attached hydrogens (tertiary/aromatic N) is 10. The van der Waals surface area contributed by atoms with Gasteiger partial charge in [-0.1, -0.05) is 90.0 Å². The van der Waals surface area contributed by atoms with Crippen molar-refractivity contribution in [2.75, 3.05) is 17.2 Å². The van der Waals surface area contributed by atoms with Gasteiger partial charge in [-0.15, -0.1) is 0 Å². The SMILES string of the molecule is CC(C)(C)c1nc(N)nc2c1C(=O)C=N2.CC(C)(C)c1nc(N)nc2c1C(=O)CC2.CC(C)(C)c1nc(N)nc2c1CCC2.CCc1ncnc(C(C)(C)C)n1. The topological polar surface area (TPSA) is 241 Å². The number of carbonyl (C=O) groups excluding carboxylic acids is 2. The molecule has 2 aliphatic carbocycles. The number of ketones is 2. The fraction of sp³-hybridized carbons (Fsp3) is 0.561. The van der Waals surface area contributed by atoms with Gasteiger partial charge < -0.3 is 17.2 Å². The Balaban J connectivity index is 0.000000166. The zero-order valence-corrected chi connectivity index (χ0v) is 35.4. The number of fused-ring (bicyclic) bond motifs is 3. The second kappa shape index (κ2) is 16.4. The van der Waals surface area contributed by atoms with Gasteiger partial charge in [-0.25, -0.2) is 44.9 Å². The molecule has 0 aromatic carbocycles. The van der Waals surface area contributed by atoms with Crippen molar-refractivity contribution in [2.45, 2.75) is 150 Å². The standard InChI is InChI=1S/C11H15N3O.C11H17N3.C10H12N4O.C9H15N3/c1-11(2,3)9-8-6(4-5-7(8)15)13-10(12)14-9;1-11(2,3)9-7-5-4-6-8(7)13-10(12)14-9;1-10(2,3)7-6-5(15)4-12-8(6)14-9(11)13-7;1-5-7-10-6-11-8(12-7)9(2,3)4/h4-5H2,1-3H3,(H2,12,13,14);4-6H2,1-3H3,(H2,12,13,14);4H,1-3H3,(H2,11,13,14);6H,5H2,1-4H3. The molecular weight excluding hydrogens is 707 g/mol. The van der Waals surface area contributed by atoms with E-state index in [4.69, 9.17) is 17.2 Å². The number of aliphatic imine (C=N–C) groups is 1. The monoisotopic (exact) mass is 765 g/mol. The molecule has 0 amide bonds. The van der Waals surface area contributed by atoms with Crippen molar-refractivity contribution in [2.24, 2.45) is 4.99 Å². The average Bonchev–Trinajstić information content (AvgIpc) is 3.81. The number of nitrogen functional groups attached to an aromatic ring is 3. The van der Waals surface area contributed by atoms with Crippen molar-refractivity contribution in [1.29, 1.82) is 0 Å². The van der Waals surface area contributed by atoms with Crippen molar-refractivity contribution in [3.8, 4) is 0 Å². The van der Waals surface area contributed by atoms with Crippen LogP contribution in [0.1, 0.15) is 169 Å². The van der Waals surface area contributed by atoms with Gasteiger partial charge in [0, 0.05) is 40.2 Å². The molecule has 15 heteroatoms. The third kappa shape index (κ3) is 10.5. The lowest BCUT2D eigenvalue weighted by Crippen LogP contribution is -2.20. The summed E-state index contributed by atoms with van der Waals surface area (Å²) in [5.74, 6) is 2.99. The Morgan fingerprint density at radius 2 is 1.11 bits per heavy atom. The Morgan fingerprint density at radius 3 is 1.66 bits per heavy atom. The molecule has 15 nitrogen and oxygen atoms in total. The summed E-state index contributed by atoms with van der Waals surface area (Å²) < 4.78 is 0. The highest BCUT2D eigenvalue weighted by Gasteiger charge is 2.32. The number of hydrogen-bond donors (Lipinski definition) is 3. The Hall–Kier alpha value is -5.34. The third-order valence-corrected chi connectivity index (χ3v) is 9.02. The van der Waals surface area contributed by atoms with Crippen LogP contribution in [0.4, 0.5) is 23.7 Å². The Labute approximate surface area is 330 Å². The van der Waals surface area contributed by atoms with E-state index in [-0.39, 0.29) is 45.1 Å². The van der Waals surface area contributed by atoms with Gasteiger partial charge in [0.05, 0.1) is 40.1 Å². The number of Topliss-reactive ketones (excluding diaryl/α,β-unsaturated/α-hetero) is 2. The zero-order valence-electron chi connectivity index (χ0n) is 35.4. The normalized spacial score (nSPS) is 14.4. The highest BCUT2D eigenvalue weighted by molar-refractivity contribution is 6.40. The fourth-order valence-electron chi connectivity index (χ4n) is 6.35. The quantitative estimate of drug-likeness (QED) is 0.192. The van der Waals surface area contributed by atoms with Crippen LogP contribution in [0.25, 0.3) is 0 Å². The van der Waals surface area contributed by atoms with Gasteiger partial charge in [0.1, 0.15) is 18.0 Å². The molecule has 4 aromatic rings. The van der Waals surface area contributed by atoms with Gasteiger partial charge in [-0.2, -0.15) is 4.98 Å². The number of nitrogens with two attached hydrogens (primary N) is 3. The Morgan fingerprint density at radius 1 is 0.571 bits per heavy atom. The molecule has 7 rings (SSSR count). The average molecular weight is 766 g/mol. The van der Waals surface area contributed by atoms with E-state index >= 15 is 0 Å². The molecule has 0 saturated carbocycles. The minimum atomic E-state index is -0.246. The fourth-order valence-corrected chi connectivity index (χ4v) is 6.35. The Kier molecular flexibility index (Phi) is 12.7. The maximum absolute atomic E-state index is 11.7. The molecule has 0 fully saturated rings. The summed E-state index contributed by atoms with van der Waals surface area (Å²) in [7, 11) is 0. The molecule has 0 atom stereocenters. The summed E-state index contributed by atoms with van der Waals surface area (Å²) >= 11 is 0. The van der Waals surface area contributed by atoms with E-state index in [9.17, 15) is 9.59 Å². The molecule has 4 aromatic heterocycles. The van der Waals surface area contributed by atoms with Crippen molar-refractivity contribution >= 4 is 41.4 Å². The summed E-state index contributed by atoms with van der Waals surface area (Å²) in [6.45, 7) is 26.9. The molecule has 300 valence electrons. The lowest BCUT2D eigenvalue weighted by atomic mass is 9.88. The second-order valence-electron chi connectivity index (χ2n) is 18.2. The molecule has 0 saturated heterocycles. The van der Waals surface area contributed by atoms with E-state index in [2.05, 4.69) is 91.4 Å². The number of aromatic nitrogens is 9. The molecule has 3 aliphatic rings. The van der Waals surface area contributed by atoms with Crippen molar-refractivity contribution < 1.29 is 9.59 Å². The van der Waals surface area contributed by atoms with E-state index in [1.54, 1.807) is 6.33 Å². The van der Waals surface area contributed by atoms with Crippen LogP contribution in [0.5, 0.6) is 0 Å². The molecule has 0 unspecified atom stereocenters.